The Morgan fingerprint density at radius 3 is 2.75 bits per heavy atom. The van der Waals surface area contributed by atoms with E-state index in [4.69, 9.17) is 0 Å². The smallest absolute Gasteiger partial charge is 0.0957 e. The first-order valence-corrected chi connectivity index (χ1v) is 5.55. The molecule has 0 bridgehead atoms. The normalized spacial score (nSPS) is 42.2. The molecule has 2 saturated heterocycles. The summed E-state index contributed by atoms with van der Waals surface area (Å²) in [7, 11) is 0. The first-order valence-electron chi connectivity index (χ1n) is 5.55. The van der Waals surface area contributed by atoms with Crippen LogP contribution in [-0.4, -0.2) is 25.7 Å². The van der Waals surface area contributed by atoms with Crippen LogP contribution in [0.1, 0.15) is 32.1 Å². The zero-order valence-electron chi connectivity index (χ0n) is 8.02. The van der Waals surface area contributed by atoms with Gasteiger partial charge in [0.05, 0.1) is 31.6 Å². The average Bonchev–Trinajstić information content (AvgIpc) is 2.17. The summed E-state index contributed by atoms with van der Waals surface area (Å²) in [5, 5.41) is 0. The van der Waals surface area contributed by atoms with Gasteiger partial charge in [0.15, 0.2) is 0 Å². The molecule has 0 saturated carbocycles. The van der Waals surface area contributed by atoms with Gasteiger partial charge in [-0.15, -0.1) is 0 Å². The summed E-state index contributed by atoms with van der Waals surface area (Å²) in [6.45, 7) is 4.07. The van der Waals surface area contributed by atoms with Gasteiger partial charge in [0.2, 0.25) is 0 Å². The molecule has 0 radical (unpaired) electrons. The van der Waals surface area contributed by atoms with Crippen molar-refractivity contribution in [1.29, 1.82) is 0 Å². The molecular formula is C10H22N2+2. The Hall–Kier alpha value is -0.0800. The minimum absolute atomic E-state index is 0.953. The molecule has 2 nitrogen and oxygen atoms in total. The monoisotopic (exact) mass is 170 g/mol. The van der Waals surface area contributed by atoms with Gasteiger partial charge in [-0.1, -0.05) is 0 Å². The van der Waals surface area contributed by atoms with Gasteiger partial charge in [-0.2, -0.15) is 0 Å². The topological polar surface area (TPSA) is 32.1 Å². The molecular weight excluding hydrogens is 148 g/mol. The van der Waals surface area contributed by atoms with E-state index in [0.717, 1.165) is 12.0 Å². The van der Waals surface area contributed by atoms with Crippen LogP contribution in [0, 0.1) is 5.92 Å². The maximum Gasteiger partial charge on any atom is 0.0957 e. The lowest BCUT2D eigenvalue weighted by molar-refractivity contribution is -0.941. The lowest BCUT2D eigenvalue weighted by atomic mass is 9.84. The van der Waals surface area contributed by atoms with Gasteiger partial charge in [0.1, 0.15) is 0 Å². The lowest BCUT2D eigenvalue weighted by Crippen LogP contribution is -3.18. The fraction of sp³-hybridized carbons (Fsp3) is 1.00. The summed E-state index contributed by atoms with van der Waals surface area (Å²) in [6.07, 6.45) is 7.33. The van der Waals surface area contributed by atoms with Crippen molar-refractivity contribution in [2.24, 2.45) is 5.92 Å². The highest BCUT2D eigenvalue weighted by Gasteiger charge is 2.36. The number of hydrogen-bond acceptors (Lipinski definition) is 0. The van der Waals surface area contributed by atoms with Gasteiger partial charge in [0.25, 0.3) is 0 Å². The molecule has 2 heterocycles. The lowest BCUT2D eigenvalue weighted by Gasteiger charge is -2.40. The van der Waals surface area contributed by atoms with Gasteiger partial charge < -0.3 is 10.6 Å². The standard InChI is InChI=1S/C10H20N2/c11-8-9-4-3-7-12-6-2-1-5-10(9)12/h9-10H,1-8,11H2/p+2/t9-,10+/m1/s1. The summed E-state index contributed by atoms with van der Waals surface area (Å²) in [4.78, 5) is 1.90. The second-order valence-electron chi connectivity index (χ2n) is 4.45. The molecule has 0 aliphatic carbocycles. The Labute approximate surface area is 75.1 Å². The van der Waals surface area contributed by atoms with Crippen LogP contribution >= 0.6 is 0 Å². The fourth-order valence-electron chi connectivity index (χ4n) is 3.12. The summed E-state index contributed by atoms with van der Waals surface area (Å²) >= 11 is 0. The van der Waals surface area contributed by atoms with Gasteiger partial charge in [-0.25, -0.2) is 0 Å². The second-order valence-corrected chi connectivity index (χ2v) is 4.45. The highest BCUT2D eigenvalue weighted by atomic mass is 15.2. The number of piperidine rings is 2. The van der Waals surface area contributed by atoms with Gasteiger partial charge >= 0.3 is 0 Å². The second kappa shape index (κ2) is 3.75. The molecule has 2 rings (SSSR count). The molecule has 2 heteroatoms. The number of rotatable bonds is 1. The van der Waals surface area contributed by atoms with E-state index in [2.05, 4.69) is 5.73 Å². The van der Waals surface area contributed by atoms with Gasteiger partial charge in [-0.3, -0.25) is 0 Å². The minimum atomic E-state index is 0.953. The molecule has 0 aromatic heterocycles. The van der Waals surface area contributed by atoms with Crippen molar-refractivity contribution >= 4 is 0 Å². The van der Waals surface area contributed by atoms with Crippen LogP contribution < -0.4 is 10.6 Å². The predicted octanol–water partition coefficient (Wildman–Crippen LogP) is -0.924. The average molecular weight is 170 g/mol. The first-order chi connectivity index (χ1) is 5.92. The highest BCUT2D eigenvalue weighted by Crippen LogP contribution is 2.18. The molecule has 0 amide bonds. The number of fused-ring (bicyclic) bond motifs is 1. The Balaban J connectivity index is 1.99. The molecule has 12 heavy (non-hydrogen) atoms. The van der Waals surface area contributed by atoms with E-state index in [0.29, 0.717) is 0 Å². The third-order valence-electron chi connectivity index (χ3n) is 3.80. The van der Waals surface area contributed by atoms with E-state index in [1.807, 2.05) is 4.90 Å². The third kappa shape index (κ3) is 1.50. The van der Waals surface area contributed by atoms with Crippen molar-refractivity contribution in [3.05, 3.63) is 0 Å². The van der Waals surface area contributed by atoms with Crippen molar-refractivity contribution in [3.8, 4) is 0 Å². The van der Waals surface area contributed by atoms with Crippen LogP contribution in [0.5, 0.6) is 0 Å². The van der Waals surface area contributed by atoms with Crippen LogP contribution in [0.2, 0.25) is 0 Å². The van der Waals surface area contributed by atoms with E-state index >= 15 is 0 Å². The van der Waals surface area contributed by atoms with Crippen molar-refractivity contribution in [2.45, 2.75) is 38.1 Å². The van der Waals surface area contributed by atoms with Crippen molar-refractivity contribution in [1.82, 2.24) is 0 Å². The fourth-order valence-corrected chi connectivity index (χ4v) is 3.12. The van der Waals surface area contributed by atoms with Crippen LogP contribution in [-0.2, 0) is 0 Å². The summed E-state index contributed by atoms with van der Waals surface area (Å²) in [5.41, 5.74) is 4.09. The van der Waals surface area contributed by atoms with E-state index in [9.17, 15) is 0 Å². The molecule has 4 N–H and O–H groups in total. The SMILES string of the molecule is [NH3+]C[C@H]1CCC[NH+]2CCCC[C@@H]12. The molecule has 2 fully saturated rings. The van der Waals surface area contributed by atoms with Crippen molar-refractivity contribution < 1.29 is 10.6 Å². The molecule has 3 atom stereocenters. The zero-order chi connectivity index (χ0) is 8.39. The minimum Gasteiger partial charge on any atom is -0.357 e. The molecule has 1 unspecified atom stereocenters. The number of nitrogens with one attached hydrogen (secondary N) is 1. The number of quaternary nitrogens is 2. The predicted molar refractivity (Wildman–Crippen MR) is 48.8 cm³/mol. The van der Waals surface area contributed by atoms with Crippen molar-refractivity contribution in [2.75, 3.05) is 19.6 Å². The first kappa shape index (κ1) is 8.52. The van der Waals surface area contributed by atoms with Crippen LogP contribution in [0.4, 0.5) is 0 Å². The molecule has 2 aliphatic rings. The van der Waals surface area contributed by atoms with E-state index in [1.165, 1.54) is 51.7 Å². The molecule has 0 aromatic rings. The molecule has 70 valence electrons. The maximum absolute atomic E-state index is 4.09. The van der Waals surface area contributed by atoms with E-state index in [-0.39, 0.29) is 0 Å². The van der Waals surface area contributed by atoms with E-state index in [1.54, 1.807) is 0 Å². The Morgan fingerprint density at radius 2 is 1.92 bits per heavy atom. The summed E-state index contributed by atoms with van der Waals surface area (Å²) < 4.78 is 0. The molecule has 2 aliphatic heterocycles. The summed E-state index contributed by atoms with van der Waals surface area (Å²) in [5.74, 6) is 0.953. The zero-order valence-corrected chi connectivity index (χ0v) is 8.02. The van der Waals surface area contributed by atoms with Crippen LogP contribution in [0.25, 0.3) is 0 Å². The summed E-state index contributed by atoms with van der Waals surface area (Å²) in [6, 6.07) is 0.991. The third-order valence-corrected chi connectivity index (χ3v) is 3.80. The van der Waals surface area contributed by atoms with Gasteiger partial charge in [-0.05, 0) is 25.7 Å². The maximum atomic E-state index is 4.09. The van der Waals surface area contributed by atoms with Crippen LogP contribution in [0.15, 0.2) is 0 Å². The van der Waals surface area contributed by atoms with Crippen LogP contribution in [0.3, 0.4) is 0 Å². The largest absolute Gasteiger partial charge is 0.357 e. The Bertz CT molecular complexity index is 138. The quantitative estimate of drug-likeness (QED) is 0.510. The molecule has 0 aromatic carbocycles. The van der Waals surface area contributed by atoms with E-state index < -0.39 is 0 Å². The van der Waals surface area contributed by atoms with Crippen molar-refractivity contribution in [3.63, 3.8) is 0 Å². The van der Waals surface area contributed by atoms with Gasteiger partial charge in [0, 0.05) is 6.42 Å². The Kier molecular flexibility index (Phi) is 2.66. The molecule has 0 spiro atoms. The highest BCUT2D eigenvalue weighted by molar-refractivity contribution is 4.74. The number of hydrogen-bond donors (Lipinski definition) is 2. The Morgan fingerprint density at radius 1 is 1.08 bits per heavy atom.